The minimum absolute atomic E-state index is 0.673. The van der Waals surface area contributed by atoms with Crippen LogP contribution in [0.3, 0.4) is 0 Å². The lowest BCUT2D eigenvalue weighted by Gasteiger charge is -2.22. The van der Waals surface area contributed by atoms with Gasteiger partial charge in [0.05, 0.1) is 12.3 Å². The molecule has 2 aliphatic rings. The summed E-state index contributed by atoms with van der Waals surface area (Å²) in [6.07, 6.45) is 10.4. The lowest BCUT2D eigenvalue weighted by atomic mass is 9.83. The van der Waals surface area contributed by atoms with E-state index in [1.54, 1.807) is 0 Å². The van der Waals surface area contributed by atoms with E-state index in [9.17, 15) is 0 Å². The molecule has 0 saturated heterocycles. The number of fused-ring (bicyclic) bond motifs is 2. The van der Waals surface area contributed by atoms with Crippen molar-refractivity contribution in [1.29, 1.82) is 0 Å². The van der Waals surface area contributed by atoms with Crippen molar-refractivity contribution in [3.8, 4) is 11.3 Å². The molecule has 28 heavy (non-hydrogen) atoms. The SMILES string of the molecule is [2H]c1c(C)[n+](C)c(-c2cc3c(cc2C)CCC3)c2ccc(C3CCCCC3)cc12. The largest absolute Gasteiger partial charge is 0.220 e. The van der Waals surface area contributed by atoms with Crippen LogP contribution in [0.15, 0.2) is 36.4 Å². The van der Waals surface area contributed by atoms with Crippen LogP contribution in [0.1, 0.15) is 73.8 Å². The molecule has 1 heterocycles. The third kappa shape index (κ3) is 2.96. The van der Waals surface area contributed by atoms with Crippen molar-refractivity contribution >= 4 is 10.8 Å². The highest BCUT2D eigenvalue weighted by molar-refractivity contribution is 5.94. The fourth-order valence-electron chi connectivity index (χ4n) is 5.52. The summed E-state index contributed by atoms with van der Waals surface area (Å²) in [6.45, 7) is 4.35. The van der Waals surface area contributed by atoms with E-state index in [0.29, 0.717) is 12.0 Å². The predicted molar refractivity (Wildman–Crippen MR) is 118 cm³/mol. The summed E-state index contributed by atoms with van der Waals surface area (Å²) < 4.78 is 11.1. The third-order valence-corrected chi connectivity index (χ3v) is 7.22. The van der Waals surface area contributed by atoms with Crippen molar-refractivity contribution in [2.45, 2.75) is 71.1 Å². The van der Waals surface area contributed by atoms with E-state index < -0.39 is 0 Å². The summed E-state index contributed by atoms with van der Waals surface area (Å²) in [7, 11) is 2.13. The van der Waals surface area contributed by atoms with Gasteiger partial charge >= 0.3 is 0 Å². The van der Waals surface area contributed by atoms with Crippen molar-refractivity contribution in [1.82, 2.24) is 0 Å². The molecule has 0 aliphatic heterocycles. The van der Waals surface area contributed by atoms with Crippen molar-refractivity contribution in [2.75, 3.05) is 0 Å². The molecule has 0 N–H and O–H groups in total. The zero-order valence-corrected chi connectivity index (χ0v) is 17.6. The Labute approximate surface area is 170 Å². The van der Waals surface area contributed by atoms with Gasteiger partial charge in [0.15, 0.2) is 5.69 Å². The lowest BCUT2D eigenvalue weighted by molar-refractivity contribution is -0.665. The van der Waals surface area contributed by atoms with E-state index >= 15 is 0 Å². The Balaban J connectivity index is 1.73. The first-order valence-corrected chi connectivity index (χ1v) is 11.1. The number of nitrogens with zero attached hydrogens (tertiary/aromatic N) is 1. The average Bonchev–Trinajstić information content (AvgIpc) is 3.20. The molecule has 1 fully saturated rings. The van der Waals surface area contributed by atoms with Gasteiger partial charge in [0.1, 0.15) is 7.05 Å². The van der Waals surface area contributed by atoms with Crippen LogP contribution >= 0.6 is 0 Å². The maximum Gasteiger partial charge on any atom is 0.220 e. The van der Waals surface area contributed by atoms with Gasteiger partial charge < -0.3 is 0 Å². The fraction of sp³-hybridized carbons (Fsp3) is 0.444. The number of aromatic nitrogens is 1. The minimum Gasteiger partial charge on any atom is -0.198 e. The van der Waals surface area contributed by atoms with E-state index in [2.05, 4.69) is 55.8 Å². The highest BCUT2D eigenvalue weighted by atomic mass is 14.9. The molecule has 2 aliphatic carbocycles. The molecule has 0 atom stereocenters. The molecule has 1 heteroatoms. The zero-order chi connectivity index (χ0) is 20.1. The first kappa shape index (κ1) is 16.8. The Bertz CT molecular complexity index is 1110. The van der Waals surface area contributed by atoms with E-state index in [4.69, 9.17) is 1.37 Å². The molecular formula is C27H32N+. The molecule has 1 saturated carbocycles. The van der Waals surface area contributed by atoms with Crippen LogP contribution in [0, 0.1) is 13.8 Å². The Morgan fingerprint density at radius 1 is 0.929 bits per heavy atom. The van der Waals surface area contributed by atoms with Gasteiger partial charge in [-0.25, -0.2) is 0 Å². The van der Waals surface area contributed by atoms with Gasteiger partial charge in [-0.3, -0.25) is 0 Å². The van der Waals surface area contributed by atoms with Crippen molar-refractivity contribution in [2.24, 2.45) is 7.05 Å². The van der Waals surface area contributed by atoms with Crippen molar-refractivity contribution in [3.05, 3.63) is 64.3 Å². The summed E-state index contributed by atoms with van der Waals surface area (Å²) in [5.41, 5.74) is 9.51. The van der Waals surface area contributed by atoms with Crippen LogP contribution in [0.2, 0.25) is 0 Å². The molecule has 1 nitrogen and oxygen atoms in total. The normalized spacial score (nSPS) is 17.8. The molecule has 0 amide bonds. The van der Waals surface area contributed by atoms with Crippen LogP contribution in [0.25, 0.3) is 22.0 Å². The lowest BCUT2D eigenvalue weighted by Crippen LogP contribution is -2.35. The molecule has 3 aromatic rings. The minimum atomic E-state index is 0.673. The number of pyridine rings is 1. The highest BCUT2D eigenvalue weighted by Gasteiger charge is 2.23. The van der Waals surface area contributed by atoms with E-state index in [0.717, 1.165) is 11.1 Å². The average molecular weight is 372 g/mol. The molecule has 0 bridgehead atoms. The predicted octanol–water partition coefficient (Wildman–Crippen LogP) is 6.48. The third-order valence-electron chi connectivity index (χ3n) is 7.22. The Morgan fingerprint density at radius 3 is 2.46 bits per heavy atom. The van der Waals surface area contributed by atoms with Crippen molar-refractivity contribution < 1.29 is 5.94 Å². The maximum absolute atomic E-state index is 8.85. The summed E-state index contributed by atoms with van der Waals surface area (Å²) in [4.78, 5) is 0. The van der Waals surface area contributed by atoms with Gasteiger partial charge in [0, 0.05) is 13.0 Å². The molecular weight excluding hydrogens is 338 g/mol. The van der Waals surface area contributed by atoms with Crippen LogP contribution in [-0.4, -0.2) is 0 Å². The second-order valence-electron chi connectivity index (χ2n) is 9.05. The van der Waals surface area contributed by atoms with Gasteiger partial charge in [0.2, 0.25) is 5.69 Å². The van der Waals surface area contributed by atoms with Gasteiger partial charge in [-0.15, -0.1) is 0 Å². The van der Waals surface area contributed by atoms with E-state index in [-0.39, 0.29) is 0 Å². The molecule has 5 rings (SSSR count). The second-order valence-corrected chi connectivity index (χ2v) is 9.05. The number of rotatable bonds is 2. The van der Waals surface area contributed by atoms with Gasteiger partial charge in [-0.1, -0.05) is 37.5 Å². The van der Waals surface area contributed by atoms with Gasteiger partial charge in [-0.05, 0) is 84.7 Å². The Kier molecular flexibility index (Phi) is 4.21. The zero-order valence-electron chi connectivity index (χ0n) is 18.6. The molecule has 2 aromatic carbocycles. The monoisotopic (exact) mass is 371 g/mol. The molecule has 144 valence electrons. The molecule has 0 radical (unpaired) electrons. The summed E-state index contributed by atoms with van der Waals surface area (Å²) in [5.74, 6) is 0.673. The van der Waals surface area contributed by atoms with E-state index in [1.807, 2.05) is 0 Å². The Hall–Kier alpha value is -2.15. The van der Waals surface area contributed by atoms with Crippen LogP contribution in [-0.2, 0) is 19.9 Å². The Morgan fingerprint density at radius 2 is 1.68 bits per heavy atom. The first-order valence-electron chi connectivity index (χ1n) is 11.6. The quantitative estimate of drug-likeness (QED) is 0.454. The summed E-state index contributed by atoms with van der Waals surface area (Å²) in [5, 5.41) is 2.35. The van der Waals surface area contributed by atoms with Crippen LogP contribution < -0.4 is 4.57 Å². The topological polar surface area (TPSA) is 3.88 Å². The smallest absolute Gasteiger partial charge is 0.198 e. The summed E-state index contributed by atoms with van der Waals surface area (Å²) >= 11 is 0. The van der Waals surface area contributed by atoms with Gasteiger partial charge in [-0.2, -0.15) is 4.57 Å². The number of benzene rings is 2. The number of hydrogen-bond acceptors (Lipinski definition) is 0. The van der Waals surface area contributed by atoms with Crippen LogP contribution in [0.4, 0.5) is 0 Å². The molecule has 0 unspecified atom stereocenters. The van der Waals surface area contributed by atoms with Crippen molar-refractivity contribution in [3.63, 3.8) is 0 Å². The van der Waals surface area contributed by atoms with E-state index in [1.165, 1.54) is 90.3 Å². The second kappa shape index (κ2) is 7.03. The highest BCUT2D eigenvalue weighted by Crippen LogP contribution is 2.37. The van der Waals surface area contributed by atoms with Crippen LogP contribution in [0.5, 0.6) is 0 Å². The van der Waals surface area contributed by atoms with Gasteiger partial charge in [0.25, 0.3) is 0 Å². The maximum atomic E-state index is 8.85. The molecule has 0 spiro atoms. The first-order chi connectivity index (χ1) is 14.0. The standard InChI is InChI=1S/C27H32N/c1-18-14-21-10-7-11-22(21)17-26(18)27-25-13-12-23(20-8-5-4-6-9-20)16-24(25)15-19(2)28(27)3/h12-17,20H,4-11H2,1-3H3/q+1/i15D. The number of aryl methyl sites for hydroxylation is 3. The number of hydrogen-bond donors (Lipinski definition) is 0. The molecule has 1 aromatic heterocycles. The fourth-order valence-corrected chi connectivity index (χ4v) is 5.52. The summed E-state index contributed by atoms with van der Waals surface area (Å²) in [6, 6.07) is 12.5.